The summed E-state index contributed by atoms with van der Waals surface area (Å²) in [4.78, 5) is 6.87. The van der Waals surface area contributed by atoms with E-state index in [1.54, 1.807) is 7.11 Å². The number of nitrogens with two attached hydrogens (primary N) is 1. The predicted molar refractivity (Wildman–Crippen MR) is 71.9 cm³/mol. The Morgan fingerprint density at radius 3 is 2.62 bits per heavy atom. The van der Waals surface area contributed by atoms with Gasteiger partial charge in [-0.1, -0.05) is 0 Å². The van der Waals surface area contributed by atoms with Crippen LogP contribution in [0.2, 0.25) is 0 Å². The predicted octanol–water partition coefficient (Wildman–Crippen LogP) is 1.93. The third-order valence-corrected chi connectivity index (χ3v) is 2.49. The fourth-order valence-electron chi connectivity index (χ4n) is 1.49. The summed E-state index contributed by atoms with van der Waals surface area (Å²) in [6.45, 7) is 2.12. The Morgan fingerprint density at radius 2 is 1.95 bits per heavy atom. The third kappa shape index (κ3) is 7.09. The topological polar surface area (TPSA) is 82.3 Å². The summed E-state index contributed by atoms with van der Waals surface area (Å²) in [5, 5.41) is 2.79. The van der Waals surface area contributed by atoms with Crippen LogP contribution < -0.4 is 11.1 Å². The standard InChI is InChI=1S/C12H19F3N4O2/c1-20-6-7-21-5-3-2-4-17-10-8-9(12(13,14)15)18-11(16)19-10/h8H,2-7H2,1H3,(H3,16,17,18,19). The van der Waals surface area contributed by atoms with E-state index in [1.807, 2.05) is 0 Å². The van der Waals surface area contributed by atoms with E-state index in [0.717, 1.165) is 18.9 Å². The van der Waals surface area contributed by atoms with E-state index in [4.69, 9.17) is 15.2 Å². The van der Waals surface area contributed by atoms with E-state index in [2.05, 4.69) is 15.3 Å². The number of anilines is 2. The summed E-state index contributed by atoms with van der Waals surface area (Å²) < 4.78 is 47.7. The average molecular weight is 308 g/mol. The van der Waals surface area contributed by atoms with Crippen LogP contribution >= 0.6 is 0 Å². The molecular formula is C12H19F3N4O2. The van der Waals surface area contributed by atoms with Crippen LogP contribution in [0.4, 0.5) is 24.9 Å². The van der Waals surface area contributed by atoms with E-state index in [9.17, 15) is 13.2 Å². The van der Waals surface area contributed by atoms with Crippen LogP contribution in [0, 0.1) is 0 Å². The smallest absolute Gasteiger partial charge is 0.382 e. The summed E-state index contributed by atoms with van der Waals surface area (Å²) >= 11 is 0. The van der Waals surface area contributed by atoms with Gasteiger partial charge < -0.3 is 20.5 Å². The van der Waals surface area contributed by atoms with Gasteiger partial charge in [-0.2, -0.15) is 18.2 Å². The van der Waals surface area contributed by atoms with Gasteiger partial charge in [0.15, 0.2) is 5.69 Å². The highest BCUT2D eigenvalue weighted by molar-refractivity contribution is 5.41. The number of halogens is 3. The summed E-state index contributed by atoms with van der Waals surface area (Å²) in [5.74, 6) is -0.342. The maximum Gasteiger partial charge on any atom is 0.433 e. The van der Waals surface area contributed by atoms with Gasteiger partial charge in [-0.05, 0) is 12.8 Å². The Kier molecular flexibility index (Phi) is 7.17. The minimum atomic E-state index is -4.54. The lowest BCUT2D eigenvalue weighted by molar-refractivity contribution is -0.141. The second kappa shape index (κ2) is 8.63. The Balaban J connectivity index is 2.31. The second-order valence-electron chi connectivity index (χ2n) is 4.23. The molecule has 1 aromatic heterocycles. The van der Waals surface area contributed by atoms with Crippen LogP contribution in [-0.2, 0) is 15.7 Å². The lowest BCUT2D eigenvalue weighted by atomic mass is 10.3. The summed E-state index contributed by atoms with van der Waals surface area (Å²) in [5.41, 5.74) is 4.21. The first-order chi connectivity index (χ1) is 9.93. The van der Waals surface area contributed by atoms with Gasteiger partial charge in [-0.25, -0.2) is 4.98 Å². The Bertz CT molecular complexity index is 429. The number of ether oxygens (including phenoxy) is 2. The van der Waals surface area contributed by atoms with Gasteiger partial charge in [-0.15, -0.1) is 0 Å². The van der Waals surface area contributed by atoms with E-state index in [-0.39, 0.29) is 5.82 Å². The normalized spacial score (nSPS) is 11.6. The van der Waals surface area contributed by atoms with Gasteiger partial charge in [0.05, 0.1) is 13.2 Å². The zero-order valence-corrected chi connectivity index (χ0v) is 11.7. The molecule has 0 aliphatic rings. The van der Waals surface area contributed by atoms with Crippen LogP contribution in [-0.4, -0.2) is 43.4 Å². The molecule has 1 heterocycles. The largest absolute Gasteiger partial charge is 0.433 e. The van der Waals surface area contributed by atoms with Crippen molar-refractivity contribution in [3.63, 3.8) is 0 Å². The van der Waals surface area contributed by atoms with Gasteiger partial charge in [0, 0.05) is 26.3 Å². The summed E-state index contributed by atoms with van der Waals surface area (Å²) in [6.07, 6.45) is -3.02. The fourth-order valence-corrected chi connectivity index (χ4v) is 1.49. The quantitative estimate of drug-likeness (QED) is 0.678. The van der Waals surface area contributed by atoms with E-state index >= 15 is 0 Å². The maximum absolute atomic E-state index is 12.5. The molecule has 0 aromatic carbocycles. The Labute approximate surface area is 120 Å². The molecule has 0 fully saturated rings. The lowest BCUT2D eigenvalue weighted by Gasteiger charge is -2.10. The minimum Gasteiger partial charge on any atom is -0.382 e. The first-order valence-corrected chi connectivity index (χ1v) is 6.46. The molecule has 1 aromatic rings. The molecule has 3 N–H and O–H groups in total. The van der Waals surface area contributed by atoms with Crippen molar-refractivity contribution < 1.29 is 22.6 Å². The van der Waals surface area contributed by atoms with E-state index in [0.29, 0.717) is 26.4 Å². The molecule has 0 saturated carbocycles. The van der Waals surface area contributed by atoms with Crippen molar-refractivity contribution in [2.45, 2.75) is 19.0 Å². The second-order valence-corrected chi connectivity index (χ2v) is 4.23. The van der Waals surface area contributed by atoms with Crippen LogP contribution in [0.25, 0.3) is 0 Å². The first-order valence-electron chi connectivity index (χ1n) is 6.46. The van der Waals surface area contributed by atoms with Crippen molar-refractivity contribution in [3.05, 3.63) is 11.8 Å². The van der Waals surface area contributed by atoms with E-state index < -0.39 is 17.8 Å². The molecule has 21 heavy (non-hydrogen) atoms. The maximum atomic E-state index is 12.5. The number of nitrogens with one attached hydrogen (secondary N) is 1. The molecule has 0 bridgehead atoms. The fraction of sp³-hybridized carbons (Fsp3) is 0.667. The van der Waals surface area contributed by atoms with Crippen LogP contribution in [0.3, 0.4) is 0 Å². The van der Waals surface area contributed by atoms with Crippen LogP contribution in [0.15, 0.2) is 6.07 Å². The lowest BCUT2D eigenvalue weighted by Crippen LogP contribution is -2.13. The molecule has 0 spiro atoms. The Hall–Kier alpha value is -1.61. The van der Waals surface area contributed by atoms with Crippen molar-refractivity contribution in [1.29, 1.82) is 0 Å². The highest BCUT2D eigenvalue weighted by Gasteiger charge is 2.33. The molecular weight excluding hydrogens is 289 g/mol. The van der Waals surface area contributed by atoms with Gasteiger partial charge >= 0.3 is 6.18 Å². The number of methoxy groups -OCH3 is 1. The van der Waals surface area contributed by atoms with Gasteiger partial charge in [-0.3, -0.25) is 0 Å². The number of hydrogen-bond donors (Lipinski definition) is 2. The average Bonchev–Trinajstić information content (AvgIpc) is 2.40. The molecule has 0 atom stereocenters. The highest BCUT2D eigenvalue weighted by Crippen LogP contribution is 2.29. The number of hydrogen-bond acceptors (Lipinski definition) is 6. The first kappa shape index (κ1) is 17.4. The number of aromatic nitrogens is 2. The molecule has 0 aliphatic carbocycles. The number of rotatable bonds is 9. The van der Waals surface area contributed by atoms with Crippen molar-refractivity contribution in [2.24, 2.45) is 0 Å². The number of nitrogen functional groups attached to an aromatic ring is 1. The minimum absolute atomic E-state index is 0.0649. The summed E-state index contributed by atoms with van der Waals surface area (Å²) in [6, 6.07) is 0.839. The number of nitrogens with zero attached hydrogens (tertiary/aromatic N) is 2. The zero-order chi connectivity index (χ0) is 15.7. The van der Waals surface area contributed by atoms with Crippen molar-refractivity contribution in [1.82, 2.24) is 9.97 Å². The molecule has 0 amide bonds. The van der Waals surface area contributed by atoms with Gasteiger partial charge in [0.25, 0.3) is 0 Å². The molecule has 0 radical (unpaired) electrons. The number of unbranched alkanes of at least 4 members (excludes halogenated alkanes) is 1. The molecule has 0 saturated heterocycles. The van der Waals surface area contributed by atoms with Crippen LogP contribution in [0.5, 0.6) is 0 Å². The van der Waals surface area contributed by atoms with Gasteiger partial charge in [0.2, 0.25) is 5.95 Å². The monoisotopic (exact) mass is 308 g/mol. The van der Waals surface area contributed by atoms with Gasteiger partial charge in [0.1, 0.15) is 5.82 Å². The summed E-state index contributed by atoms with van der Waals surface area (Å²) in [7, 11) is 1.59. The van der Waals surface area contributed by atoms with Crippen LogP contribution in [0.1, 0.15) is 18.5 Å². The Morgan fingerprint density at radius 1 is 1.19 bits per heavy atom. The molecule has 6 nitrogen and oxygen atoms in total. The molecule has 9 heteroatoms. The van der Waals surface area contributed by atoms with Crippen molar-refractivity contribution in [3.8, 4) is 0 Å². The van der Waals surface area contributed by atoms with Crippen molar-refractivity contribution in [2.75, 3.05) is 44.5 Å². The molecule has 0 unspecified atom stereocenters. The third-order valence-electron chi connectivity index (χ3n) is 2.49. The number of alkyl halides is 3. The van der Waals surface area contributed by atoms with E-state index in [1.165, 1.54) is 0 Å². The molecule has 1 rings (SSSR count). The highest BCUT2D eigenvalue weighted by atomic mass is 19.4. The van der Waals surface area contributed by atoms with Crippen molar-refractivity contribution >= 4 is 11.8 Å². The SMILES string of the molecule is COCCOCCCCNc1cc(C(F)(F)F)nc(N)n1. The molecule has 120 valence electrons. The molecule has 0 aliphatic heterocycles. The zero-order valence-electron chi connectivity index (χ0n) is 11.7.